The number of amides is 1. The molecule has 0 aliphatic carbocycles. The lowest BCUT2D eigenvalue weighted by molar-refractivity contribution is -0.118. The highest BCUT2D eigenvalue weighted by Crippen LogP contribution is 2.22. The number of nitrogens with two attached hydrogens (primary N) is 1. The maximum atomic E-state index is 13.7. The van der Waals surface area contributed by atoms with E-state index in [1.165, 1.54) is 12.1 Å². The summed E-state index contributed by atoms with van der Waals surface area (Å²) < 4.78 is 18.8. The van der Waals surface area contributed by atoms with E-state index in [1.807, 2.05) is 13.8 Å². The monoisotopic (exact) mass is 298 g/mol. The molecule has 1 aromatic rings. The van der Waals surface area contributed by atoms with Gasteiger partial charge in [-0.1, -0.05) is 26.1 Å². The smallest absolute Gasteiger partial charge is 0.234 e. The highest BCUT2D eigenvalue weighted by atomic mass is 32.1. The molecule has 0 fully saturated rings. The molecule has 1 unspecified atom stereocenters. The fraction of sp³-hybridized carbons (Fsp3) is 0.429. The van der Waals surface area contributed by atoms with E-state index in [0.29, 0.717) is 12.3 Å². The minimum atomic E-state index is -0.584. The van der Waals surface area contributed by atoms with Gasteiger partial charge in [0.2, 0.25) is 5.91 Å². The number of anilines is 1. The van der Waals surface area contributed by atoms with Crippen LogP contribution in [0.3, 0.4) is 0 Å². The first-order chi connectivity index (χ1) is 9.36. The third kappa shape index (κ3) is 4.16. The van der Waals surface area contributed by atoms with E-state index in [4.69, 9.17) is 22.7 Å². The van der Waals surface area contributed by atoms with E-state index >= 15 is 0 Å². The third-order valence-corrected chi connectivity index (χ3v) is 3.01. The van der Waals surface area contributed by atoms with Gasteiger partial charge in [0.15, 0.2) is 11.6 Å². The molecule has 110 valence electrons. The van der Waals surface area contributed by atoms with Gasteiger partial charge in [-0.2, -0.15) is 0 Å². The number of carbonyl (C=O) groups is 1. The summed E-state index contributed by atoms with van der Waals surface area (Å²) in [6.07, 6.45) is 0. The first kappa shape index (κ1) is 16.4. The average Bonchev–Trinajstić information content (AvgIpc) is 2.31. The van der Waals surface area contributed by atoms with Crippen molar-refractivity contribution in [1.82, 2.24) is 0 Å². The largest absolute Gasteiger partial charge is 0.491 e. The first-order valence-corrected chi connectivity index (χ1v) is 6.80. The Morgan fingerprint density at radius 2 is 2.15 bits per heavy atom. The Morgan fingerprint density at radius 3 is 2.60 bits per heavy atom. The highest BCUT2D eigenvalue weighted by molar-refractivity contribution is 7.80. The molecule has 0 bridgehead atoms. The molecule has 0 spiro atoms. The van der Waals surface area contributed by atoms with Gasteiger partial charge in [-0.05, 0) is 25.0 Å². The zero-order valence-electron chi connectivity index (χ0n) is 11.8. The van der Waals surface area contributed by atoms with Crippen molar-refractivity contribution in [3.8, 4) is 5.75 Å². The van der Waals surface area contributed by atoms with Crippen LogP contribution in [0.1, 0.15) is 20.8 Å². The molecule has 3 N–H and O–H groups in total. The Balaban J connectivity index is 2.85. The zero-order valence-corrected chi connectivity index (χ0v) is 12.6. The van der Waals surface area contributed by atoms with Crippen LogP contribution in [0.2, 0.25) is 0 Å². The Hall–Kier alpha value is -1.69. The Bertz CT molecular complexity index is 506. The second-order valence-electron chi connectivity index (χ2n) is 4.69. The molecule has 6 heteroatoms. The van der Waals surface area contributed by atoms with Crippen molar-refractivity contribution < 1.29 is 13.9 Å². The molecule has 20 heavy (non-hydrogen) atoms. The molecule has 1 amide bonds. The second-order valence-corrected chi connectivity index (χ2v) is 5.16. The molecule has 0 saturated carbocycles. The highest BCUT2D eigenvalue weighted by Gasteiger charge is 2.25. The SMILES string of the molecule is CCOc1ccc(NC(=O)C(C(N)=S)C(C)C)cc1F. The normalized spacial score (nSPS) is 12.1. The van der Waals surface area contributed by atoms with E-state index in [-0.39, 0.29) is 22.6 Å². The minimum absolute atomic E-state index is 0.0277. The van der Waals surface area contributed by atoms with E-state index in [1.54, 1.807) is 13.0 Å². The van der Waals surface area contributed by atoms with Gasteiger partial charge in [-0.3, -0.25) is 4.79 Å². The summed E-state index contributed by atoms with van der Waals surface area (Å²) in [6.45, 7) is 5.84. The molecule has 0 radical (unpaired) electrons. The molecule has 0 heterocycles. The number of nitrogens with one attached hydrogen (secondary N) is 1. The van der Waals surface area contributed by atoms with E-state index in [0.717, 1.165) is 0 Å². The third-order valence-electron chi connectivity index (χ3n) is 2.75. The van der Waals surface area contributed by atoms with E-state index in [9.17, 15) is 9.18 Å². The van der Waals surface area contributed by atoms with Gasteiger partial charge in [0, 0.05) is 11.8 Å². The molecule has 0 aliphatic rings. The van der Waals surface area contributed by atoms with Crippen molar-refractivity contribution >= 4 is 28.8 Å². The number of hydrogen-bond donors (Lipinski definition) is 2. The van der Waals surface area contributed by atoms with Crippen LogP contribution in [0.25, 0.3) is 0 Å². The Kier molecular flexibility index (Phi) is 5.88. The lowest BCUT2D eigenvalue weighted by atomic mass is 9.95. The van der Waals surface area contributed by atoms with Crippen LogP contribution >= 0.6 is 12.2 Å². The molecular formula is C14H19FN2O2S. The van der Waals surface area contributed by atoms with Crippen molar-refractivity contribution in [2.45, 2.75) is 20.8 Å². The topological polar surface area (TPSA) is 64.3 Å². The van der Waals surface area contributed by atoms with E-state index < -0.39 is 11.7 Å². The van der Waals surface area contributed by atoms with Crippen LogP contribution in [0.4, 0.5) is 10.1 Å². The van der Waals surface area contributed by atoms with Crippen molar-refractivity contribution in [3.63, 3.8) is 0 Å². The molecule has 1 rings (SSSR count). The van der Waals surface area contributed by atoms with Gasteiger partial charge in [-0.15, -0.1) is 0 Å². The summed E-state index contributed by atoms with van der Waals surface area (Å²) in [4.78, 5) is 12.2. The van der Waals surface area contributed by atoms with Crippen LogP contribution in [0.5, 0.6) is 5.75 Å². The van der Waals surface area contributed by atoms with Crippen LogP contribution in [-0.4, -0.2) is 17.5 Å². The number of halogens is 1. The van der Waals surface area contributed by atoms with Gasteiger partial charge in [0.05, 0.1) is 17.5 Å². The van der Waals surface area contributed by atoms with E-state index in [2.05, 4.69) is 5.32 Å². The molecule has 0 aromatic heterocycles. The predicted molar refractivity (Wildman–Crippen MR) is 81.3 cm³/mol. The minimum Gasteiger partial charge on any atom is -0.491 e. The van der Waals surface area contributed by atoms with Crippen LogP contribution in [0.15, 0.2) is 18.2 Å². The number of carbonyl (C=O) groups excluding carboxylic acids is 1. The van der Waals surface area contributed by atoms with Gasteiger partial charge in [0.1, 0.15) is 0 Å². The zero-order chi connectivity index (χ0) is 15.3. The maximum Gasteiger partial charge on any atom is 0.234 e. The van der Waals surface area contributed by atoms with Crippen LogP contribution < -0.4 is 15.8 Å². The summed E-state index contributed by atoms with van der Waals surface area (Å²) in [7, 11) is 0. The molecular weight excluding hydrogens is 279 g/mol. The van der Waals surface area contributed by atoms with Crippen molar-refractivity contribution in [3.05, 3.63) is 24.0 Å². The summed E-state index contributed by atoms with van der Waals surface area (Å²) in [5.74, 6) is -1.32. The van der Waals surface area contributed by atoms with Gasteiger partial charge in [0.25, 0.3) is 0 Å². The molecule has 1 aromatic carbocycles. The lowest BCUT2D eigenvalue weighted by Gasteiger charge is -2.19. The van der Waals surface area contributed by atoms with Crippen molar-refractivity contribution in [1.29, 1.82) is 0 Å². The number of hydrogen-bond acceptors (Lipinski definition) is 3. The molecule has 1 atom stereocenters. The van der Waals surface area contributed by atoms with Gasteiger partial charge in [-0.25, -0.2) is 4.39 Å². The average molecular weight is 298 g/mol. The quantitative estimate of drug-likeness (QED) is 0.793. The fourth-order valence-electron chi connectivity index (χ4n) is 1.83. The van der Waals surface area contributed by atoms with Crippen molar-refractivity contribution in [2.75, 3.05) is 11.9 Å². The number of ether oxygens (including phenoxy) is 1. The maximum absolute atomic E-state index is 13.7. The Morgan fingerprint density at radius 1 is 1.50 bits per heavy atom. The summed E-state index contributed by atoms with van der Waals surface area (Å²) in [5.41, 5.74) is 5.91. The molecule has 0 aliphatic heterocycles. The Labute approximate surface area is 123 Å². The molecule has 0 saturated heterocycles. The second kappa shape index (κ2) is 7.19. The first-order valence-electron chi connectivity index (χ1n) is 6.39. The lowest BCUT2D eigenvalue weighted by Crippen LogP contribution is -2.36. The molecule has 4 nitrogen and oxygen atoms in total. The van der Waals surface area contributed by atoms with Crippen LogP contribution in [0, 0.1) is 17.7 Å². The van der Waals surface area contributed by atoms with Crippen LogP contribution in [-0.2, 0) is 4.79 Å². The number of benzene rings is 1. The number of rotatable bonds is 6. The fourth-order valence-corrected chi connectivity index (χ4v) is 2.21. The van der Waals surface area contributed by atoms with Gasteiger partial charge >= 0.3 is 0 Å². The summed E-state index contributed by atoms with van der Waals surface area (Å²) in [6, 6.07) is 4.25. The summed E-state index contributed by atoms with van der Waals surface area (Å²) >= 11 is 4.89. The predicted octanol–water partition coefficient (Wildman–Crippen LogP) is 2.72. The standard InChI is InChI=1S/C14H19FN2O2S/c1-4-19-11-6-5-9(7-10(11)15)17-14(18)12(8(2)3)13(16)20/h5-8,12H,4H2,1-3H3,(H2,16,20)(H,17,18). The number of thiocarbonyl (C=S) groups is 1. The van der Waals surface area contributed by atoms with Crippen molar-refractivity contribution in [2.24, 2.45) is 17.6 Å². The van der Waals surface area contributed by atoms with Gasteiger partial charge < -0.3 is 15.8 Å². The summed E-state index contributed by atoms with van der Waals surface area (Å²) in [5, 5.41) is 2.61.